The van der Waals surface area contributed by atoms with Gasteiger partial charge in [-0.2, -0.15) is 5.26 Å². The van der Waals surface area contributed by atoms with E-state index in [1.807, 2.05) is 18.0 Å². The average molecular weight is 191 g/mol. The van der Waals surface area contributed by atoms with E-state index in [0.29, 0.717) is 18.7 Å². The average Bonchev–Trinajstić information content (AvgIpc) is 2.18. The van der Waals surface area contributed by atoms with Crippen molar-refractivity contribution in [3.63, 3.8) is 0 Å². The van der Waals surface area contributed by atoms with Crippen molar-refractivity contribution in [1.82, 2.24) is 9.88 Å². The Balaban J connectivity index is 2.63. The first-order valence-corrected chi connectivity index (χ1v) is 4.39. The van der Waals surface area contributed by atoms with E-state index in [4.69, 9.17) is 10.4 Å². The van der Waals surface area contributed by atoms with Gasteiger partial charge in [0.1, 0.15) is 6.07 Å². The van der Waals surface area contributed by atoms with Crippen LogP contribution in [-0.2, 0) is 6.54 Å². The molecule has 1 aromatic rings. The zero-order valence-electron chi connectivity index (χ0n) is 8.14. The van der Waals surface area contributed by atoms with Gasteiger partial charge in [-0.3, -0.25) is 9.88 Å². The van der Waals surface area contributed by atoms with Crippen LogP contribution in [0.4, 0.5) is 0 Å². The second-order valence-electron chi connectivity index (χ2n) is 3.16. The zero-order chi connectivity index (χ0) is 10.4. The fourth-order valence-electron chi connectivity index (χ4n) is 1.20. The molecule has 0 fully saturated rings. The predicted octanol–water partition coefficient (Wildman–Crippen LogP) is 0.377. The Morgan fingerprint density at radius 3 is 3.00 bits per heavy atom. The minimum absolute atomic E-state index is 0.141. The lowest BCUT2D eigenvalue weighted by molar-refractivity contribution is 0.217. The molecule has 0 amide bonds. The minimum atomic E-state index is 0.141. The number of likely N-dealkylation sites (N-methyl/N-ethyl adjacent to an activating group) is 1. The van der Waals surface area contributed by atoms with E-state index in [0.717, 1.165) is 5.56 Å². The van der Waals surface area contributed by atoms with Crippen LogP contribution in [0, 0.1) is 11.3 Å². The van der Waals surface area contributed by atoms with E-state index in [-0.39, 0.29) is 6.61 Å². The highest BCUT2D eigenvalue weighted by molar-refractivity contribution is 5.28. The fraction of sp³-hybridized carbons (Fsp3) is 0.400. The highest BCUT2D eigenvalue weighted by atomic mass is 16.3. The molecular weight excluding hydrogens is 178 g/mol. The molecule has 4 heteroatoms. The maximum atomic E-state index is 8.71. The SMILES string of the molecule is CN(CCO)Cc1cncc(C#N)c1. The standard InChI is InChI=1S/C10H13N3O/c1-13(2-3-14)8-10-4-9(5-11)6-12-7-10/h4,6-7,14H,2-3,8H2,1H3. The molecular formula is C10H13N3O. The molecule has 0 aliphatic carbocycles. The van der Waals surface area contributed by atoms with Gasteiger partial charge in [-0.05, 0) is 18.7 Å². The summed E-state index contributed by atoms with van der Waals surface area (Å²) in [6.45, 7) is 1.46. The van der Waals surface area contributed by atoms with E-state index >= 15 is 0 Å². The topological polar surface area (TPSA) is 60.1 Å². The van der Waals surface area contributed by atoms with Crippen LogP contribution in [-0.4, -0.2) is 35.2 Å². The molecule has 0 atom stereocenters. The van der Waals surface area contributed by atoms with Crippen molar-refractivity contribution in [3.05, 3.63) is 29.6 Å². The summed E-state index contributed by atoms with van der Waals surface area (Å²) in [5, 5.41) is 17.4. The van der Waals surface area contributed by atoms with Gasteiger partial charge >= 0.3 is 0 Å². The van der Waals surface area contributed by atoms with Crippen molar-refractivity contribution < 1.29 is 5.11 Å². The molecule has 0 saturated carbocycles. The summed E-state index contributed by atoms with van der Waals surface area (Å²) in [6.07, 6.45) is 3.27. The van der Waals surface area contributed by atoms with Crippen molar-refractivity contribution in [2.45, 2.75) is 6.54 Å². The first-order valence-electron chi connectivity index (χ1n) is 4.39. The molecule has 0 radical (unpaired) electrons. The summed E-state index contributed by atoms with van der Waals surface area (Å²) in [5.74, 6) is 0. The van der Waals surface area contributed by atoms with E-state index in [1.165, 1.54) is 6.20 Å². The molecule has 1 heterocycles. The molecule has 1 aromatic heterocycles. The smallest absolute Gasteiger partial charge is 0.101 e. The van der Waals surface area contributed by atoms with Gasteiger partial charge in [-0.1, -0.05) is 0 Å². The van der Waals surface area contributed by atoms with Crippen LogP contribution in [0.2, 0.25) is 0 Å². The van der Waals surface area contributed by atoms with Crippen LogP contribution in [0.1, 0.15) is 11.1 Å². The molecule has 14 heavy (non-hydrogen) atoms. The van der Waals surface area contributed by atoms with Crippen molar-refractivity contribution in [2.24, 2.45) is 0 Å². The molecule has 0 aliphatic rings. The Kier molecular flexibility index (Phi) is 4.05. The third-order valence-electron chi connectivity index (χ3n) is 1.86. The predicted molar refractivity (Wildman–Crippen MR) is 52.4 cm³/mol. The number of aliphatic hydroxyl groups is 1. The summed E-state index contributed by atoms with van der Waals surface area (Å²) < 4.78 is 0. The van der Waals surface area contributed by atoms with E-state index in [9.17, 15) is 0 Å². The maximum Gasteiger partial charge on any atom is 0.101 e. The maximum absolute atomic E-state index is 8.71. The molecule has 0 aliphatic heterocycles. The molecule has 0 aromatic carbocycles. The second kappa shape index (κ2) is 5.32. The summed E-state index contributed by atoms with van der Waals surface area (Å²) >= 11 is 0. The van der Waals surface area contributed by atoms with Crippen LogP contribution >= 0.6 is 0 Å². The van der Waals surface area contributed by atoms with Gasteiger partial charge in [0.2, 0.25) is 0 Å². The van der Waals surface area contributed by atoms with E-state index in [2.05, 4.69) is 4.98 Å². The normalized spacial score (nSPS) is 10.1. The largest absolute Gasteiger partial charge is 0.395 e. The summed E-state index contributed by atoms with van der Waals surface area (Å²) in [7, 11) is 1.91. The van der Waals surface area contributed by atoms with Crippen molar-refractivity contribution in [3.8, 4) is 6.07 Å². The van der Waals surface area contributed by atoms with Crippen molar-refractivity contribution in [1.29, 1.82) is 5.26 Å². The number of aromatic nitrogens is 1. The van der Waals surface area contributed by atoms with Gasteiger partial charge in [0.15, 0.2) is 0 Å². The van der Waals surface area contributed by atoms with Crippen LogP contribution in [0.25, 0.3) is 0 Å². The Labute approximate surface area is 83.4 Å². The molecule has 74 valence electrons. The molecule has 0 unspecified atom stereocenters. The molecule has 0 spiro atoms. The quantitative estimate of drug-likeness (QED) is 0.747. The van der Waals surface area contributed by atoms with Crippen LogP contribution in [0.5, 0.6) is 0 Å². The van der Waals surface area contributed by atoms with E-state index < -0.39 is 0 Å². The lowest BCUT2D eigenvalue weighted by Gasteiger charge is -2.14. The van der Waals surface area contributed by atoms with Crippen LogP contribution in [0.3, 0.4) is 0 Å². The number of pyridine rings is 1. The van der Waals surface area contributed by atoms with Gasteiger partial charge in [0, 0.05) is 25.5 Å². The van der Waals surface area contributed by atoms with Crippen molar-refractivity contribution in [2.75, 3.05) is 20.2 Å². The first-order chi connectivity index (χ1) is 6.76. The Morgan fingerprint density at radius 1 is 1.57 bits per heavy atom. The summed E-state index contributed by atoms with van der Waals surface area (Å²) in [5.41, 5.74) is 1.56. The minimum Gasteiger partial charge on any atom is -0.395 e. The molecule has 4 nitrogen and oxygen atoms in total. The molecule has 1 rings (SSSR count). The summed E-state index contributed by atoms with van der Waals surface area (Å²) in [4.78, 5) is 5.93. The fourth-order valence-corrected chi connectivity index (χ4v) is 1.20. The second-order valence-corrected chi connectivity index (χ2v) is 3.16. The number of hydrogen-bond donors (Lipinski definition) is 1. The molecule has 1 N–H and O–H groups in total. The highest BCUT2D eigenvalue weighted by Crippen LogP contribution is 2.03. The van der Waals surface area contributed by atoms with Gasteiger partial charge in [-0.25, -0.2) is 0 Å². The van der Waals surface area contributed by atoms with Gasteiger partial charge in [-0.15, -0.1) is 0 Å². The lowest BCUT2D eigenvalue weighted by Crippen LogP contribution is -2.21. The van der Waals surface area contributed by atoms with Crippen LogP contribution in [0.15, 0.2) is 18.5 Å². The molecule has 0 bridgehead atoms. The number of nitrogens with zero attached hydrogens (tertiary/aromatic N) is 3. The molecule has 0 saturated heterocycles. The lowest BCUT2D eigenvalue weighted by atomic mass is 10.2. The Hall–Kier alpha value is -1.44. The number of rotatable bonds is 4. The third kappa shape index (κ3) is 3.13. The van der Waals surface area contributed by atoms with Gasteiger partial charge in [0.05, 0.1) is 12.2 Å². The highest BCUT2D eigenvalue weighted by Gasteiger charge is 2.00. The Bertz CT molecular complexity index is 332. The van der Waals surface area contributed by atoms with E-state index in [1.54, 1.807) is 12.3 Å². The zero-order valence-corrected chi connectivity index (χ0v) is 8.14. The number of nitriles is 1. The monoisotopic (exact) mass is 191 g/mol. The number of hydrogen-bond acceptors (Lipinski definition) is 4. The van der Waals surface area contributed by atoms with Crippen molar-refractivity contribution >= 4 is 0 Å². The van der Waals surface area contributed by atoms with Gasteiger partial charge < -0.3 is 5.11 Å². The first kappa shape index (κ1) is 10.6. The third-order valence-corrected chi connectivity index (χ3v) is 1.86. The number of aliphatic hydroxyl groups excluding tert-OH is 1. The van der Waals surface area contributed by atoms with Crippen LogP contribution < -0.4 is 0 Å². The van der Waals surface area contributed by atoms with Gasteiger partial charge in [0.25, 0.3) is 0 Å². The summed E-state index contributed by atoms with van der Waals surface area (Å²) in [6, 6.07) is 3.85. The Morgan fingerprint density at radius 2 is 2.36 bits per heavy atom.